The first kappa shape index (κ1) is 15.8. The van der Waals surface area contributed by atoms with Crippen LogP contribution >= 0.6 is 0 Å². The fourth-order valence-corrected chi connectivity index (χ4v) is 2.90. The summed E-state index contributed by atoms with van der Waals surface area (Å²) in [5.41, 5.74) is 9.65. The summed E-state index contributed by atoms with van der Waals surface area (Å²) in [5, 5.41) is 2.86. The maximum Gasteiger partial charge on any atom is 0.273 e. The molecule has 0 aliphatic carbocycles. The zero-order chi connectivity index (χ0) is 17.9. The van der Waals surface area contributed by atoms with Crippen LogP contribution in [0.3, 0.4) is 0 Å². The van der Waals surface area contributed by atoms with Crippen LogP contribution in [0.1, 0.15) is 16.1 Å². The van der Waals surface area contributed by atoms with Crippen molar-refractivity contribution in [2.45, 2.75) is 6.54 Å². The number of nitrogens with one attached hydrogen (secondary N) is 1. The third-order valence-electron chi connectivity index (χ3n) is 4.06. The van der Waals surface area contributed by atoms with Gasteiger partial charge in [-0.25, -0.2) is 9.97 Å². The van der Waals surface area contributed by atoms with Crippen LogP contribution in [0.5, 0.6) is 0 Å². The molecule has 0 saturated carbocycles. The van der Waals surface area contributed by atoms with Gasteiger partial charge in [0.1, 0.15) is 0 Å². The molecule has 4 aromatic rings. The molecular formula is C19H16N6O. The van der Waals surface area contributed by atoms with Crippen LogP contribution in [0, 0.1) is 0 Å². The molecule has 0 spiro atoms. The summed E-state index contributed by atoms with van der Waals surface area (Å²) in [7, 11) is 0. The van der Waals surface area contributed by atoms with Crippen molar-refractivity contribution in [3.05, 3.63) is 78.6 Å². The summed E-state index contributed by atoms with van der Waals surface area (Å²) in [5.74, 6) is -0.255. The standard InChI is InChI=1S/C19H16N6O/c20-18-17(22-8-9-23-18)19(26)24-11-13-12-25-10-4-2-6-15(25)16(13)14-5-1-3-7-21-14/h1-10,12H,11H2,(H2,20,23)(H,24,26). The minimum absolute atomic E-state index is 0.108. The minimum Gasteiger partial charge on any atom is -0.382 e. The molecule has 7 heteroatoms. The van der Waals surface area contributed by atoms with Gasteiger partial charge in [-0.15, -0.1) is 0 Å². The van der Waals surface area contributed by atoms with Crippen molar-refractivity contribution in [2.24, 2.45) is 0 Å². The lowest BCUT2D eigenvalue weighted by molar-refractivity contribution is 0.0946. The molecule has 0 aromatic carbocycles. The molecule has 4 heterocycles. The summed E-state index contributed by atoms with van der Waals surface area (Å²) in [4.78, 5) is 24.7. The normalized spacial score (nSPS) is 10.8. The van der Waals surface area contributed by atoms with E-state index in [1.807, 2.05) is 53.2 Å². The molecule has 0 fully saturated rings. The van der Waals surface area contributed by atoms with Gasteiger partial charge in [-0.1, -0.05) is 12.1 Å². The number of fused-ring (bicyclic) bond motifs is 1. The molecule has 3 N–H and O–H groups in total. The number of hydrogen-bond acceptors (Lipinski definition) is 5. The molecule has 0 atom stereocenters. The number of nitrogen functional groups attached to an aromatic ring is 1. The molecule has 128 valence electrons. The molecule has 0 aliphatic rings. The number of carbonyl (C=O) groups excluding carboxylic acids is 1. The zero-order valence-corrected chi connectivity index (χ0v) is 13.8. The molecule has 4 aromatic heterocycles. The Morgan fingerprint density at radius 1 is 1.04 bits per heavy atom. The van der Waals surface area contributed by atoms with Gasteiger partial charge in [0.15, 0.2) is 11.5 Å². The van der Waals surface area contributed by atoms with Gasteiger partial charge in [-0.05, 0) is 29.8 Å². The molecular weight excluding hydrogens is 328 g/mol. The highest BCUT2D eigenvalue weighted by Crippen LogP contribution is 2.28. The monoisotopic (exact) mass is 344 g/mol. The van der Waals surface area contributed by atoms with Gasteiger partial charge in [0, 0.05) is 43.1 Å². The Morgan fingerprint density at radius 2 is 1.88 bits per heavy atom. The molecule has 0 unspecified atom stereocenters. The highest BCUT2D eigenvalue weighted by Gasteiger charge is 2.16. The van der Waals surface area contributed by atoms with Gasteiger partial charge in [0.05, 0.1) is 11.2 Å². The van der Waals surface area contributed by atoms with E-state index in [-0.39, 0.29) is 17.4 Å². The van der Waals surface area contributed by atoms with Gasteiger partial charge < -0.3 is 15.5 Å². The molecule has 0 radical (unpaired) electrons. The van der Waals surface area contributed by atoms with Crippen molar-refractivity contribution < 1.29 is 4.79 Å². The first-order chi connectivity index (χ1) is 12.7. The number of rotatable bonds is 4. The van der Waals surface area contributed by atoms with Crippen LogP contribution in [0.4, 0.5) is 5.82 Å². The Hall–Kier alpha value is -3.74. The fraction of sp³-hybridized carbons (Fsp3) is 0.0526. The lowest BCUT2D eigenvalue weighted by Gasteiger charge is -2.07. The number of aromatic nitrogens is 4. The van der Waals surface area contributed by atoms with E-state index in [2.05, 4.69) is 20.3 Å². The van der Waals surface area contributed by atoms with Crippen LogP contribution in [0.15, 0.2) is 67.4 Å². The highest BCUT2D eigenvalue weighted by molar-refractivity contribution is 5.96. The van der Waals surface area contributed by atoms with Crippen molar-refractivity contribution in [3.8, 4) is 11.3 Å². The Balaban J connectivity index is 1.69. The van der Waals surface area contributed by atoms with E-state index in [1.54, 1.807) is 6.20 Å². The Kier molecular flexibility index (Phi) is 4.03. The van der Waals surface area contributed by atoms with E-state index < -0.39 is 0 Å². The molecule has 7 nitrogen and oxygen atoms in total. The number of nitrogens with two attached hydrogens (primary N) is 1. The first-order valence-electron chi connectivity index (χ1n) is 8.08. The van der Waals surface area contributed by atoms with Gasteiger partial charge in [0.2, 0.25) is 0 Å². The number of hydrogen-bond donors (Lipinski definition) is 2. The van der Waals surface area contributed by atoms with Crippen molar-refractivity contribution in [3.63, 3.8) is 0 Å². The van der Waals surface area contributed by atoms with Crippen LogP contribution in [-0.4, -0.2) is 25.3 Å². The number of amides is 1. The predicted molar refractivity (Wildman–Crippen MR) is 98.2 cm³/mol. The summed E-state index contributed by atoms with van der Waals surface area (Å²) >= 11 is 0. The van der Waals surface area contributed by atoms with Crippen molar-refractivity contribution >= 4 is 17.2 Å². The average Bonchev–Trinajstić information content (AvgIpc) is 3.05. The van der Waals surface area contributed by atoms with Gasteiger partial charge in [-0.3, -0.25) is 9.78 Å². The van der Waals surface area contributed by atoms with E-state index in [9.17, 15) is 4.79 Å². The van der Waals surface area contributed by atoms with Crippen LogP contribution in [0.25, 0.3) is 16.8 Å². The summed E-state index contributed by atoms with van der Waals surface area (Å²) in [6.45, 7) is 0.322. The third-order valence-corrected chi connectivity index (χ3v) is 4.06. The van der Waals surface area contributed by atoms with Gasteiger partial charge >= 0.3 is 0 Å². The lowest BCUT2D eigenvalue weighted by Crippen LogP contribution is -2.25. The number of carbonyl (C=O) groups is 1. The Bertz CT molecular complexity index is 1070. The number of pyridine rings is 2. The molecule has 0 aliphatic heterocycles. The topological polar surface area (TPSA) is 98.2 Å². The first-order valence-corrected chi connectivity index (χ1v) is 8.08. The maximum atomic E-state index is 12.4. The lowest BCUT2D eigenvalue weighted by atomic mass is 10.1. The average molecular weight is 344 g/mol. The van der Waals surface area contributed by atoms with Crippen LogP contribution < -0.4 is 11.1 Å². The summed E-state index contributed by atoms with van der Waals surface area (Å²) in [6.07, 6.45) is 8.60. The zero-order valence-electron chi connectivity index (χ0n) is 13.8. The molecule has 0 bridgehead atoms. The Morgan fingerprint density at radius 3 is 2.69 bits per heavy atom. The largest absolute Gasteiger partial charge is 0.382 e. The van der Waals surface area contributed by atoms with E-state index >= 15 is 0 Å². The van der Waals surface area contributed by atoms with Gasteiger partial charge in [-0.2, -0.15) is 0 Å². The minimum atomic E-state index is -0.363. The van der Waals surface area contributed by atoms with Crippen LogP contribution in [-0.2, 0) is 6.54 Å². The van der Waals surface area contributed by atoms with Crippen LogP contribution in [0.2, 0.25) is 0 Å². The number of nitrogens with zero attached hydrogens (tertiary/aromatic N) is 4. The van der Waals surface area contributed by atoms with Crippen molar-refractivity contribution in [1.82, 2.24) is 24.7 Å². The maximum absolute atomic E-state index is 12.4. The smallest absolute Gasteiger partial charge is 0.273 e. The third kappa shape index (κ3) is 2.86. The van der Waals surface area contributed by atoms with Crippen molar-refractivity contribution in [1.29, 1.82) is 0 Å². The molecule has 0 saturated heterocycles. The van der Waals surface area contributed by atoms with Crippen molar-refractivity contribution in [2.75, 3.05) is 5.73 Å². The second kappa shape index (κ2) is 6.64. The van der Waals surface area contributed by atoms with Gasteiger partial charge in [0.25, 0.3) is 5.91 Å². The second-order valence-corrected chi connectivity index (χ2v) is 5.71. The highest BCUT2D eigenvalue weighted by atomic mass is 16.1. The molecule has 4 rings (SSSR count). The van der Waals surface area contributed by atoms with E-state index in [0.29, 0.717) is 6.54 Å². The second-order valence-electron chi connectivity index (χ2n) is 5.71. The molecule has 26 heavy (non-hydrogen) atoms. The summed E-state index contributed by atoms with van der Waals surface area (Å²) < 4.78 is 2.02. The Labute approximate surface area is 149 Å². The fourth-order valence-electron chi connectivity index (χ4n) is 2.90. The van der Waals surface area contributed by atoms with E-state index in [1.165, 1.54) is 12.4 Å². The summed E-state index contributed by atoms with van der Waals surface area (Å²) in [6, 6.07) is 11.7. The molecule has 1 amide bonds. The van der Waals surface area contributed by atoms with E-state index in [4.69, 9.17) is 5.73 Å². The predicted octanol–water partition coefficient (Wildman–Crippen LogP) is 2.30. The number of anilines is 1. The quantitative estimate of drug-likeness (QED) is 0.592. The van der Waals surface area contributed by atoms with E-state index in [0.717, 1.165) is 22.3 Å². The SMILES string of the molecule is Nc1nccnc1C(=O)NCc1cn2ccccc2c1-c1ccccn1.